The quantitative estimate of drug-likeness (QED) is 0.396. The summed E-state index contributed by atoms with van der Waals surface area (Å²) >= 11 is 0. The molecule has 23 heavy (non-hydrogen) atoms. The summed E-state index contributed by atoms with van der Waals surface area (Å²) in [4.78, 5) is 33.9. The SMILES string of the molecule is CC(=O)c1ccccc1NC(=O)/C=C/c1ccccc1[N+](=O)[O-]. The number of hydrogen-bond acceptors (Lipinski definition) is 4. The fourth-order valence-corrected chi connectivity index (χ4v) is 2.03. The lowest BCUT2D eigenvalue weighted by Gasteiger charge is -2.06. The Morgan fingerprint density at radius 1 is 1.09 bits per heavy atom. The van der Waals surface area contributed by atoms with Crippen LogP contribution in [-0.4, -0.2) is 16.6 Å². The van der Waals surface area contributed by atoms with E-state index in [-0.39, 0.29) is 11.5 Å². The lowest BCUT2D eigenvalue weighted by atomic mass is 10.1. The lowest BCUT2D eigenvalue weighted by Crippen LogP contribution is -2.11. The van der Waals surface area contributed by atoms with E-state index in [9.17, 15) is 19.7 Å². The van der Waals surface area contributed by atoms with E-state index in [1.165, 1.54) is 25.1 Å². The Balaban J connectivity index is 2.18. The van der Waals surface area contributed by atoms with Gasteiger partial charge in [-0.05, 0) is 31.2 Å². The van der Waals surface area contributed by atoms with E-state index in [1.54, 1.807) is 42.5 Å². The molecular formula is C17H14N2O4. The Labute approximate surface area is 132 Å². The number of Topliss-reactive ketones (excluding diaryl/α,β-unsaturated/α-hetero) is 1. The molecule has 0 heterocycles. The number of nitro benzene ring substituents is 1. The third kappa shape index (κ3) is 4.10. The average molecular weight is 310 g/mol. The first-order chi connectivity index (χ1) is 11.0. The van der Waals surface area contributed by atoms with Gasteiger partial charge in [-0.3, -0.25) is 19.7 Å². The molecule has 2 rings (SSSR count). The lowest BCUT2D eigenvalue weighted by molar-refractivity contribution is -0.385. The van der Waals surface area contributed by atoms with E-state index < -0.39 is 10.8 Å². The molecule has 2 aromatic carbocycles. The second-order valence-corrected chi connectivity index (χ2v) is 4.74. The van der Waals surface area contributed by atoms with Gasteiger partial charge in [-0.25, -0.2) is 0 Å². The number of hydrogen-bond donors (Lipinski definition) is 1. The predicted octanol–water partition coefficient (Wildman–Crippen LogP) is 3.45. The van der Waals surface area contributed by atoms with Gasteiger partial charge in [-0.2, -0.15) is 0 Å². The molecule has 6 nitrogen and oxygen atoms in total. The van der Waals surface area contributed by atoms with Gasteiger partial charge in [-0.1, -0.05) is 24.3 Å². The zero-order valence-corrected chi connectivity index (χ0v) is 12.4. The van der Waals surface area contributed by atoms with Crippen molar-refractivity contribution in [3.05, 3.63) is 75.8 Å². The average Bonchev–Trinajstić information content (AvgIpc) is 2.53. The van der Waals surface area contributed by atoms with Crippen LogP contribution in [0.1, 0.15) is 22.8 Å². The zero-order valence-electron chi connectivity index (χ0n) is 12.4. The number of amides is 1. The van der Waals surface area contributed by atoms with E-state index >= 15 is 0 Å². The van der Waals surface area contributed by atoms with Gasteiger partial charge in [0.25, 0.3) is 5.69 Å². The van der Waals surface area contributed by atoms with Crippen molar-refractivity contribution in [2.45, 2.75) is 6.92 Å². The molecule has 0 aliphatic carbocycles. The Morgan fingerprint density at radius 2 is 1.74 bits per heavy atom. The fraction of sp³-hybridized carbons (Fsp3) is 0.0588. The van der Waals surface area contributed by atoms with Crippen LogP contribution in [0, 0.1) is 10.1 Å². The second-order valence-electron chi connectivity index (χ2n) is 4.74. The van der Waals surface area contributed by atoms with Gasteiger partial charge < -0.3 is 5.32 Å². The standard InChI is InChI=1S/C17H14N2O4/c1-12(20)14-7-3-4-8-15(14)18-17(21)11-10-13-6-2-5-9-16(13)19(22)23/h2-11H,1H3,(H,18,21)/b11-10+. The number of anilines is 1. The van der Waals surface area contributed by atoms with Crippen LogP contribution in [0.5, 0.6) is 0 Å². The number of nitrogens with one attached hydrogen (secondary N) is 1. The number of rotatable bonds is 5. The molecule has 1 N–H and O–H groups in total. The van der Waals surface area contributed by atoms with Gasteiger partial charge in [-0.15, -0.1) is 0 Å². The smallest absolute Gasteiger partial charge is 0.276 e. The second kappa shape index (κ2) is 7.13. The summed E-state index contributed by atoms with van der Waals surface area (Å²) in [5.74, 6) is -0.638. The Bertz CT molecular complexity index is 797. The molecule has 0 fully saturated rings. The minimum Gasteiger partial charge on any atom is -0.322 e. The van der Waals surface area contributed by atoms with Gasteiger partial charge in [0.05, 0.1) is 16.2 Å². The molecule has 6 heteroatoms. The molecule has 1 amide bonds. The van der Waals surface area contributed by atoms with Crippen LogP contribution in [0.2, 0.25) is 0 Å². The number of nitro groups is 1. The van der Waals surface area contributed by atoms with Gasteiger partial charge in [0.1, 0.15) is 0 Å². The fourth-order valence-electron chi connectivity index (χ4n) is 2.03. The molecule has 0 radical (unpaired) electrons. The highest BCUT2D eigenvalue weighted by molar-refractivity contribution is 6.07. The number of benzene rings is 2. The Hall–Kier alpha value is -3.28. The normalized spacial score (nSPS) is 10.5. The summed E-state index contributed by atoms with van der Waals surface area (Å²) in [6.45, 7) is 1.41. The third-order valence-electron chi connectivity index (χ3n) is 3.11. The molecule has 0 spiro atoms. The van der Waals surface area contributed by atoms with E-state index in [0.717, 1.165) is 0 Å². The maximum Gasteiger partial charge on any atom is 0.276 e. The minimum atomic E-state index is -0.511. The van der Waals surface area contributed by atoms with Crippen molar-refractivity contribution >= 4 is 29.1 Å². The molecule has 2 aromatic rings. The van der Waals surface area contributed by atoms with E-state index in [4.69, 9.17) is 0 Å². The topological polar surface area (TPSA) is 89.3 Å². The largest absolute Gasteiger partial charge is 0.322 e. The van der Waals surface area contributed by atoms with Crippen molar-refractivity contribution < 1.29 is 14.5 Å². The molecule has 0 bridgehead atoms. The number of ketones is 1. The molecule has 0 saturated heterocycles. The highest BCUT2D eigenvalue weighted by atomic mass is 16.6. The van der Waals surface area contributed by atoms with Crippen molar-refractivity contribution in [1.29, 1.82) is 0 Å². The van der Waals surface area contributed by atoms with Gasteiger partial charge in [0, 0.05) is 17.7 Å². The Morgan fingerprint density at radius 3 is 2.43 bits per heavy atom. The van der Waals surface area contributed by atoms with Crippen molar-refractivity contribution in [3.63, 3.8) is 0 Å². The maximum atomic E-state index is 12.0. The molecule has 0 unspecified atom stereocenters. The first-order valence-electron chi connectivity index (χ1n) is 6.81. The zero-order chi connectivity index (χ0) is 16.8. The highest BCUT2D eigenvalue weighted by Crippen LogP contribution is 2.19. The van der Waals surface area contributed by atoms with E-state index in [0.29, 0.717) is 16.8 Å². The van der Waals surface area contributed by atoms with Gasteiger partial charge >= 0.3 is 0 Å². The van der Waals surface area contributed by atoms with E-state index in [2.05, 4.69) is 5.32 Å². The highest BCUT2D eigenvalue weighted by Gasteiger charge is 2.11. The van der Waals surface area contributed by atoms with Crippen LogP contribution in [0.15, 0.2) is 54.6 Å². The van der Waals surface area contributed by atoms with Gasteiger partial charge in [0.15, 0.2) is 5.78 Å². The van der Waals surface area contributed by atoms with Crippen LogP contribution < -0.4 is 5.32 Å². The molecule has 0 aliphatic rings. The first-order valence-corrected chi connectivity index (χ1v) is 6.81. The monoisotopic (exact) mass is 310 g/mol. The molecule has 0 aliphatic heterocycles. The van der Waals surface area contributed by atoms with Gasteiger partial charge in [0.2, 0.25) is 5.91 Å². The maximum absolute atomic E-state index is 12.0. The Kier molecular flexibility index (Phi) is 4.99. The van der Waals surface area contributed by atoms with Crippen LogP contribution in [0.25, 0.3) is 6.08 Å². The molecule has 116 valence electrons. The minimum absolute atomic E-state index is 0.0827. The van der Waals surface area contributed by atoms with Crippen LogP contribution in [-0.2, 0) is 4.79 Å². The van der Waals surface area contributed by atoms with E-state index in [1.807, 2.05) is 0 Å². The summed E-state index contributed by atoms with van der Waals surface area (Å²) in [5, 5.41) is 13.5. The van der Waals surface area contributed by atoms with Crippen LogP contribution in [0.3, 0.4) is 0 Å². The summed E-state index contributed by atoms with van der Waals surface area (Å²) in [7, 11) is 0. The number of para-hydroxylation sites is 2. The van der Waals surface area contributed by atoms with Crippen LogP contribution >= 0.6 is 0 Å². The molecule has 0 saturated carbocycles. The van der Waals surface area contributed by atoms with Crippen molar-refractivity contribution in [2.75, 3.05) is 5.32 Å². The number of carbonyl (C=O) groups is 2. The number of nitrogens with zero attached hydrogens (tertiary/aromatic N) is 1. The predicted molar refractivity (Wildman–Crippen MR) is 87.2 cm³/mol. The summed E-state index contributed by atoms with van der Waals surface area (Å²) in [5.41, 5.74) is 1.05. The summed E-state index contributed by atoms with van der Waals surface area (Å²) in [6, 6.07) is 12.8. The first kappa shape index (κ1) is 16.1. The molecule has 0 aromatic heterocycles. The van der Waals surface area contributed by atoms with Crippen molar-refractivity contribution in [3.8, 4) is 0 Å². The third-order valence-corrected chi connectivity index (χ3v) is 3.11. The van der Waals surface area contributed by atoms with Crippen molar-refractivity contribution in [1.82, 2.24) is 0 Å². The summed E-state index contributed by atoms with van der Waals surface area (Å²) < 4.78 is 0. The molecule has 0 atom stereocenters. The molecular weight excluding hydrogens is 296 g/mol. The van der Waals surface area contributed by atoms with Crippen molar-refractivity contribution in [2.24, 2.45) is 0 Å². The van der Waals surface area contributed by atoms with Crippen LogP contribution in [0.4, 0.5) is 11.4 Å². The number of carbonyl (C=O) groups excluding carboxylic acids is 2. The summed E-state index contributed by atoms with van der Waals surface area (Å²) in [6.07, 6.45) is 2.56.